The van der Waals surface area contributed by atoms with Crippen LogP contribution in [0, 0.1) is 17.3 Å². The van der Waals surface area contributed by atoms with E-state index in [1.807, 2.05) is 13.8 Å². The molecular formula is C13H21NO4. The fraction of sp³-hybridized carbons (Fsp3) is 0.846. The van der Waals surface area contributed by atoms with E-state index in [1.54, 1.807) is 7.11 Å². The summed E-state index contributed by atoms with van der Waals surface area (Å²) in [6.07, 6.45) is 2.98. The van der Waals surface area contributed by atoms with Gasteiger partial charge in [0.1, 0.15) is 0 Å². The Morgan fingerprint density at radius 3 is 2.44 bits per heavy atom. The molecule has 2 fully saturated rings. The smallest absolute Gasteiger partial charge is 0.307 e. The molecule has 102 valence electrons. The van der Waals surface area contributed by atoms with Gasteiger partial charge in [-0.05, 0) is 24.7 Å². The Kier molecular flexibility index (Phi) is 3.36. The SMILES string of the molecule is COC1CCCC1NC(=O)C1C(C(=O)O)C1(C)C. The molecule has 2 saturated carbocycles. The number of carbonyl (C=O) groups is 2. The maximum absolute atomic E-state index is 12.1. The van der Waals surface area contributed by atoms with Gasteiger partial charge in [-0.15, -0.1) is 0 Å². The molecule has 0 aliphatic heterocycles. The first-order valence-electron chi connectivity index (χ1n) is 6.45. The van der Waals surface area contributed by atoms with E-state index in [0.29, 0.717) is 0 Å². The van der Waals surface area contributed by atoms with Crippen molar-refractivity contribution in [2.45, 2.75) is 45.3 Å². The number of carboxylic acid groups (broad SMARTS) is 1. The molecule has 2 rings (SSSR count). The third-order valence-corrected chi connectivity index (χ3v) is 4.46. The summed E-state index contributed by atoms with van der Waals surface area (Å²) in [5, 5.41) is 12.0. The van der Waals surface area contributed by atoms with Crippen LogP contribution in [-0.4, -0.2) is 36.2 Å². The number of nitrogens with one attached hydrogen (secondary N) is 1. The number of amides is 1. The lowest BCUT2D eigenvalue weighted by Gasteiger charge is -2.20. The van der Waals surface area contributed by atoms with Crippen molar-refractivity contribution in [2.75, 3.05) is 7.11 Å². The molecule has 0 aromatic carbocycles. The van der Waals surface area contributed by atoms with Gasteiger partial charge < -0.3 is 15.2 Å². The van der Waals surface area contributed by atoms with Gasteiger partial charge in [0.05, 0.1) is 24.0 Å². The molecule has 2 aliphatic carbocycles. The van der Waals surface area contributed by atoms with Crippen molar-refractivity contribution in [2.24, 2.45) is 17.3 Å². The highest BCUT2D eigenvalue weighted by atomic mass is 16.5. The Bertz CT molecular complexity index is 366. The van der Waals surface area contributed by atoms with E-state index in [9.17, 15) is 9.59 Å². The first kappa shape index (κ1) is 13.3. The molecule has 5 heteroatoms. The van der Waals surface area contributed by atoms with Crippen LogP contribution in [0.2, 0.25) is 0 Å². The predicted octanol–water partition coefficient (Wildman–Crippen LogP) is 1.03. The number of hydrogen-bond acceptors (Lipinski definition) is 3. The number of carbonyl (C=O) groups excluding carboxylic acids is 1. The van der Waals surface area contributed by atoms with Crippen molar-refractivity contribution in [1.82, 2.24) is 5.32 Å². The van der Waals surface area contributed by atoms with Gasteiger partial charge in [0.25, 0.3) is 0 Å². The summed E-state index contributed by atoms with van der Waals surface area (Å²) >= 11 is 0. The molecule has 18 heavy (non-hydrogen) atoms. The number of ether oxygens (including phenoxy) is 1. The topological polar surface area (TPSA) is 75.6 Å². The summed E-state index contributed by atoms with van der Waals surface area (Å²) in [5.74, 6) is -1.98. The molecule has 5 nitrogen and oxygen atoms in total. The summed E-state index contributed by atoms with van der Waals surface area (Å²) in [5.41, 5.74) is -0.433. The fourth-order valence-electron chi connectivity index (χ4n) is 3.23. The first-order chi connectivity index (χ1) is 8.39. The Morgan fingerprint density at radius 2 is 1.94 bits per heavy atom. The van der Waals surface area contributed by atoms with Crippen LogP contribution in [0.15, 0.2) is 0 Å². The minimum Gasteiger partial charge on any atom is -0.481 e. The average Bonchev–Trinajstić information content (AvgIpc) is 2.66. The number of methoxy groups -OCH3 is 1. The van der Waals surface area contributed by atoms with Gasteiger partial charge in [-0.1, -0.05) is 13.8 Å². The minimum absolute atomic E-state index is 0.0355. The summed E-state index contributed by atoms with van der Waals surface area (Å²) in [6.45, 7) is 3.66. The van der Waals surface area contributed by atoms with Crippen LogP contribution in [0.4, 0.5) is 0 Å². The van der Waals surface area contributed by atoms with E-state index in [1.165, 1.54) is 0 Å². The second kappa shape index (κ2) is 4.53. The van der Waals surface area contributed by atoms with Crippen molar-refractivity contribution in [3.05, 3.63) is 0 Å². The molecule has 0 saturated heterocycles. The number of hydrogen-bond donors (Lipinski definition) is 2. The third kappa shape index (κ3) is 2.11. The van der Waals surface area contributed by atoms with Crippen LogP contribution < -0.4 is 5.32 Å². The predicted molar refractivity (Wildman–Crippen MR) is 65.0 cm³/mol. The van der Waals surface area contributed by atoms with Crippen molar-refractivity contribution in [3.63, 3.8) is 0 Å². The van der Waals surface area contributed by atoms with Crippen LogP contribution >= 0.6 is 0 Å². The minimum atomic E-state index is -0.880. The number of rotatable bonds is 4. The van der Waals surface area contributed by atoms with Crippen molar-refractivity contribution >= 4 is 11.9 Å². The molecular weight excluding hydrogens is 234 g/mol. The Labute approximate surface area is 107 Å². The van der Waals surface area contributed by atoms with Gasteiger partial charge in [0.2, 0.25) is 5.91 Å². The lowest BCUT2D eigenvalue weighted by atomic mass is 10.1. The standard InChI is InChI=1S/C13H21NO4/c1-13(2)9(10(13)12(16)17)11(15)14-7-5-4-6-8(7)18-3/h7-10H,4-6H2,1-3H3,(H,14,15)(H,16,17). The molecule has 2 N–H and O–H groups in total. The van der Waals surface area contributed by atoms with E-state index < -0.39 is 23.2 Å². The average molecular weight is 255 g/mol. The van der Waals surface area contributed by atoms with E-state index in [2.05, 4.69) is 5.32 Å². The third-order valence-electron chi connectivity index (χ3n) is 4.46. The number of carboxylic acids is 1. The molecule has 2 aliphatic rings. The molecule has 0 spiro atoms. The highest BCUT2D eigenvalue weighted by molar-refractivity contribution is 5.91. The second-order valence-electron chi connectivity index (χ2n) is 5.94. The molecule has 1 amide bonds. The van der Waals surface area contributed by atoms with E-state index in [0.717, 1.165) is 19.3 Å². The molecule has 0 bridgehead atoms. The van der Waals surface area contributed by atoms with Crippen LogP contribution in [-0.2, 0) is 14.3 Å². The van der Waals surface area contributed by atoms with Gasteiger partial charge >= 0.3 is 5.97 Å². The summed E-state index contributed by atoms with van der Waals surface area (Å²) in [4.78, 5) is 23.2. The monoisotopic (exact) mass is 255 g/mol. The lowest BCUT2D eigenvalue weighted by Crippen LogP contribution is -2.42. The Morgan fingerprint density at radius 1 is 1.28 bits per heavy atom. The molecule has 4 atom stereocenters. The Balaban J connectivity index is 1.95. The highest BCUT2D eigenvalue weighted by Crippen LogP contribution is 2.58. The van der Waals surface area contributed by atoms with Gasteiger partial charge in [0, 0.05) is 7.11 Å². The zero-order valence-electron chi connectivity index (χ0n) is 11.1. The van der Waals surface area contributed by atoms with Crippen LogP contribution in [0.1, 0.15) is 33.1 Å². The van der Waals surface area contributed by atoms with E-state index in [-0.39, 0.29) is 18.1 Å². The molecule has 0 heterocycles. The van der Waals surface area contributed by atoms with Crippen molar-refractivity contribution < 1.29 is 19.4 Å². The normalized spacial score (nSPS) is 37.3. The quantitative estimate of drug-likeness (QED) is 0.786. The van der Waals surface area contributed by atoms with Crippen LogP contribution in [0.3, 0.4) is 0 Å². The molecule has 4 unspecified atom stereocenters. The van der Waals surface area contributed by atoms with Gasteiger partial charge in [0.15, 0.2) is 0 Å². The van der Waals surface area contributed by atoms with Gasteiger partial charge in [-0.25, -0.2) is 0 Å². The van der Waals surface area contributed by atoms with Crippen molar-refractivity contribution in [3.8, 4) is 0 Å². The van der Waals surface area contributed by atoms with Crippen molar-refractivity contribution in [1.29, 1.82) is 0 Å². The zero-order valence-corrected chi connectivity index (χ0v) is 11.1. The molecule has 0 aromatic heterocycles. The summed E-state index contributed by atoms with van der Waals surface area (Å²) < 4.78 is 5.32. The van der Waals surface area contributed by atoms with Gasteiger partial charge in [-0.3, -0.25) is 9.59 Å². The summed E-state index contributed by atoms with van der Waals surface area (Å²) in [7, 11) is 1.65. The first-order valence-corrected chi connectivity index (χ1v) is 6.45. The van der Waals surface area contributed by atoms with Crippen LogP contribution in [0.5, 0.6) is 0 Å². The fourth-order valence-corrected chi connectivity index (χ4v) is 3.23. The largest absolute Gasteiger partial charge is 0.481 e. The second-order valence-corrected chi connectivity index (χ2v) is 5.94. The lowest BCUT2D eigenvalue weighted by molar-refractivity contribution is -0.140. The molecule has 0 radical (unpaired) electrons. The van der Waals surface area contributed by atoms with E-state index >= 15 is 0 Å². The Hall–Kier alpha value is -1.10. The van der Waals surface area contributed by atoms with E-state index in [4.69, 9.17) is 9.84 Å². The molecule has 0 aromatic rings. The zero-order chi connectivity index (χ0) is 13.5. The highest BCUT2D eigenvalue weighted by Gasteiger charge is 2.66. The maximum Gasteiger partial charge on any atom is 0.307 e. The maximum atomic E-state index is 12.1. The number of aliphatic carboxylic acids is 1. The summed E-state index contributed by atoms with van der Waals surface area (Å²) in [6, 6.07) is 0.0355. The van der Waals surface area contributed by atoms with Gasteiger partial charge in [-0.2, -0.15) is 0 Å². The van der Waals surface area contributed by atoms with Crippen LogP contribution in [0.25, 0.3) is 0 Å².